The normalized spacial score (nSPS) is 11.3. The Bertz CT molecular complexity index is 701. The summed E-state index contributed by atoms with van der Waals surface area (Å²) in [7, 11) is -2.28. The standard InChI is InChI=1S/C13H13ClN2O2S/c1-16(12-8-4-3-7-11(12)15)19(17,18)13-9-5-2-6-10(13)14/h2-9H,15H2,1H3. The number of nitrogens with zero attached hydrogens (tertiary/aromatic N) is 1. The molecule has 19 heavy (non-hydrogen) atoms. The summed E-state index contributed by atoms with van der Waals surface area (Å²) < 4.78 is 26.1. The van der Waals surface area contributed by atoms with E-state index in [0.717, 1.165) is 4.31 Å². The Morgan fingerprint density at radius 3 is 2.26 bits per heavy atom. The van der Waals surface area contributed by atoms with Crippen LogP contribution in [-0.2, 0) is 10.0 Å². The van der Waals surface area contributed by atoms with Gasteiger partial charge in [0.2, 0.25) is 0 Å². The van der Waals surface area contributed by atoms with Crippen LogP contribution in [0, 0.1) is 0 Å². The van der Waals surface area contributed by atoms with E-state index in [4.69, 9.17) is 17.3 Å². The minimum atomic E-state index is -3.72. The lowest BCUT2D eigenvalue weighted by Crippen LogP contribution is -2.27. The van der Waals surface area contributed by atoms with E-state index >= 15 is 0 Å². The molecule has 2 aromatic carbocycles. The maximum atomic E-state index is 12.5. The Hall–Kier alpha value is -1.72. The molecule has 6 heteroatoms. The van der Waals surface area contributed by atoms with Gasteiger partial charge >= 0.3 is 0 Å². The van der Waals surface area contributed by atoms with Crippen molar-refractivity contribution in [2.75, 3.05) is 17.1 Å². The molecule has 0 atom stereocenters. The first-order valence-corrected chi connectivity index (χ1v) is 7.34. The molecule has 0 saturated heterocycles. The third-order valence-corrected chi connectivity index (χ3v) is 5.02. The van der Waals surface area contributed by atoms with Crippen molar-refractivity contribution in [3.8, 4) is 0 Å². The van der Waals surface area contributed by atoms with Crippen LogP contribution < -0.4 is 10.0 Å². The van der Waals surface area contributed by atoms with Crippen molar-refractivity contribution in [1.82, 2.24) is 0 Å². The first-order valence-electron chi connectivity index (χ1n) is 5.52. The predicted molar refractivity (Wildman–Crippen MR) is 77.9 cm³/mol. The average molecular weight is 297 g/mol. The number of benzene rings is 2. The summed E-state index contributed by atoms with van der Waals surface area (Å²) in [6, 6.07) is 13.1. The molecule has 0 bridgehead atoms. The lowest BCUT2D eigenvalue weighted by molar-refractivity contribution is 0.594. The molecule has 4 nitrogen and oxygen atoms in total. The highest BCUT2D eigenvalue weighted by atomic mass is 35.5. The van der Waals surface area contributed by atoms with Crippen molar-refractivity contribution in [1.29, 1.82) is 0 Å². The molecule has 0 amide bonds. The van der Waals surface area contributed by atoms with E-state index in [1.54, 1.807) is 36.4 Å². The summed E-state index contributed by atoms with van der Waals surface area (Å²) in [5, 5.41) is 0.184. The summed E-state index contributed by atoms with van der Waals surface area (Å²) in [5.74, 6) is 0. The minimum Gasteiger partial charge on any atom is -0.397 e. The van der Waals surface area contributed by atoms with Crippen molar-refractivity contribution in [2.45, 2.75) is 4.90 Å². The van der Waals surface area contributed by atoms with Gasteiger partial charge in [-0.25, -0.2) is 8.42 Å². The van der Waals surface area contributed by atoms with Gasteiger partial charge in [-0.1, -0.05) is 35.9 Å². The second-order valence-electron chi connectivity index (χ2n) is 3.96. The predicted octanol–water partition coefficient (Wildman–Crippen LogP) is 2.75. The Morgan fingerprint density at radius 1 is 1.05 bits per heavy atom. The molecule has 0 radical (unpaired) electrons. The molecule has 0 aliphatic rings. The zero-order valence-corrected chi connectivity index (χ0v) is 11.8. The number of nitrogens with two attached hydrogens (primary N) is 1. The monoisotopic (exact) mass is 296 g/mol. The Balaban J connectivity index is 2.52. The van der Waals surface area contributed by atoms with Crippen LogP contribution in [-0.4, -0.2) is 15.5 Å². The molecule has 0 saturated carbocycles. The Labute approximate surface area is 117 Å². The van der Waals surface area contributed by atoms with E-state index < -0.39 is 10.0 Å². The zero-order valence-electron chi connectivity index (χ0n) is 10.2. The van der Waals surface area contributed by atoms with E-state index in [0.29, 0.717) is 11.4 Å². The maximum absolute atomic E-state index is 12.5. The molecular formula is C13H13ClN2O2S. The second-order valence-corrected chi connectivity index (χ2v) is 6.31. The summed E-state index contributed by atoms with van der Waals surface area (Å²) >= 11 is 5.94. The van der Waals surface area contributed by atoms with Crippen LogP contribution in [0.4, 0.5) is 11.4 Å². The van der Waals surface area contributed by atoms with Gasteiger partial charge in [-0.15, -0.1) is 0 Å². The van der Waals surface area contributed by atoms with Gasteiger partial charge in [-0.3, -0.25) is 4.31 Å². The number of rotatable bonds is 3. The molecule has 0 spiro atoms. The van der Waals surface area contributed by atoms with Crippen LogP contribution >= 0.6 is 11.6 Å². The first-order chi connectivity index (χ1) is 8.94. The Kier molecular flexibility index (Phi) is 3.68. The van der Waals surface area contributed by atoms with Gasteiger partial charge in [0.05, 0.1) is 16.4 Å². The van der Waals surface area contributed by atoms with Gasteiger partial charge in [-0.05, 0) is 24.3 Å². The molecule has 100 valence electrons. The van der Waals surface area contributed by atoms with Crippen molar-refractivity contribution >= 4 is 33.0 Å². The number of hydrogen-bond donors (Lipinski definition) is 1. The highest BCUT2D eigenvalue weighted by Gasteiger charge is 2.24. The summed E-state index contributed by atoms with van der Waals surface area (Å²) in [6.07, 6.45) is 0. The van der Waals surface area contributed by atoms with E-state index in [9.17, 15) is 8.42 Å². The minimum absolute atomic E-state index is 0.0578. The number of halogens is 1. The lowest BCUT2D eigenvalue weighted by atomic mass is 10.3. The number of para-hydroxylation sites is 2. The molecule has 0 aliphatic carbocycles. The van der Waals surface area contributed by atoms with Crippen LogP contribution in [0.5, 0.6) is 0 Å². The third kappa shape index (κ3) is 2.52. The fourth-order valence-electron chi connectivity index (χ4n) is 1.71. The average Bonchev–Trinajstić information content (AvgIpc) is 2.39. The van der Waals surface area contributed by atoms with Gasteiger partial charge in [0.25, 0.3) is 10.0 Å². The quantitative estimate of drug-likeness (QED) is 0.886. The SMILES string of the molecule is CN(c1ccccc1N)S(=O)(=O)c1ccccc1Cl. The van der Waals surface area contributed by atoms with Gasteiger partial charge < -0.3 is 5.73 Å². The highest BCUT2D eigenvalue weighted by molar-refractivity contribution is 7.93. The Morgan fingerprint density at radius 2 is 1.63 bits per heavy atom. The largest absolute Gasteiger partial charge is 0.397 e. The number of nitrogen functional groups attached to an aromatic ring is 1. The molecular weight excluding hydrogens is 284 g/mol. The highest BCUT2D eigenvalue weighted by Crippen LogP contribution is 2.29. The van der Waals surface area contributed by atoms with Crippen LogP contribution in [0.1, 0.15) is 0 Å². The maximum Gasteiger partial charge on any atom is 0.265 e. The molecule has 0 aromatic heterocycles. The topological polar surface area (TPSA) is 63.4 Å². The van der Waals surface area contributed by atoms with Crippen molar-refractivity contribution < 1.29 is 8.42 Å². The smallest absolute Gasteiger partial charge is 0.265 e. The van der Waals surface area contributed by atoms with Crippen LogP contribution in [0.25, 0.3) is 0 Å². The van der Waals surface area contributed by atoms with Gasteiger partial charge in [0.1, 0.15) is 4.90 Å². The summed E-state index contributed by atoms with van der Waals surface area (Å²) in [4.78, 5) is 0.0578. The molecule has 0 heterocycles. The van der Waals surface area contributed by atoms with E-state index in [1.807, 2.05) is 0 Å². The molecule has 0 aliphatic heterocycles. The molecule has 2 N–H and O–H groups in total. The zero-order chi connectivity index (χ0) is 14.0. The van der Waals surface area contributed by atoms with Crippen LogP contribution in [0.3, 0.4) is 0 Å². The van der Waals surface area contributed by atoms with Crippen molar-refractivity contribution in [3.63, 3.8) is 0 Å². The fraction of sp³-hybridized carbons (Fsp3) is 0.0769. The van der Waals surface area contributed by atoms with E-state index in [1.165, 1.54) is 19.2 Å². The lowest BCUT2D eigenvalue weighted by Gasteiger charge is -2.21. The molecule has 2 aromatic rings. The third-order valence-electron chi connectivity index (χ3n) is 2.75. The van der Waals surface area contributed by atoms with Gasteiger partial charge in [-0.2, -0.15) is 0 Å². The summed E-state index contributed by atoms with van der Waals surface area (Å²) in [5.41, 5.74) is 6.60. The molecule has 0 unspecified atom stereocenters. The molecule has 2 rings (SSSR count). The number of anilines is 2. The van der Waals surface area contributed by atoms with Crippen molar-refractivity contribution in [3.05, 3.63) is 53.6 Å². The second kappa shape index (κ2) is 5.11. The summed E-state index contributed by atoms with van der Waals surface area (Å²) in [6.45, 7) is 0. The van der Waals surface area contributed by atoms with Gasteiger partial charge in [0.15, 0.2) is 0 Å². The van der Waals surface area contributed by atoms with Gasteiger partial charge in [0, 0.05) is 7.05 Å². The van der Waals surface area contributed by atoms with Crippen LogP contribution in [0.2, 0.25) is 5.02 Å². The van der Waals surface area contributed by atoms with Crippen LogP contribution in [0.15, 0.2) is 53.4 Å². The first kappa shape index (κ1) is 13.7. The molecule has 0 fully saturated rings. The van der Waals surface area contributed by atoms with E-state index in [2.05, 4.69) is 0 Å². The van der Waals surface area contributed by atoms with E-state index in [-0.39, 0.29) is 9.92 Å². The van der Waals surface area contributed by atoms with Crippen molar-refractivity contribution in [2.24, 2.45) is 0 Å². The number of sulfonamides is 1. The number of hydrogen-bond acceptors (Lipinski definition) is 3. The fourth-order valence-corrected chi connectivity index (χ4v) is 3.42.